The van der Waals surface area contributed by atoms with Gasteiger partial charge in [-0.15, -0.1) is 0 Å². The van der Waals surface area contributed by atoms with E-state index < -0.39 is 5.60 Å². The maximum absolute atomic E-state index is 10.5. The summed E-state index contributed by atoms with van der Waals surface area (Å²) < 4.78 is 4.19. The lowest BCUT2D eigenvalue weighted by Crippen LogP contribution is -2.31. The molecule has 0 radical (unpaired) electrons. The van der Waals surface area contributed by atoms with Crippen molar-refractivity contribution in [3.8, 4) is 0 Å². The molecule has 1 aromatic carbocycles. The van der Waals surface area contributed by atoms with Crippen LogP contribution in [0.4, 0.5) is 5.13 Å². The average Bonchev–Trinajstić information content (AvgIpc) is 2.85. The summed E-state index contributed by atoms with van der Waals surface area (Å²) in [7, 11) is 0. The Hall–Kier alpha value is -1.17. The maximum Gasteiger partial charge on any atom is 0.202 e. The van der Waals surface area contributed by atoms with Crippen LogP contribution in [0.1, 0.15) is 25.2 Å². The minimum atomic E-state index is -1.06. The van der Waals surface area contributed by atoms with Gasteiger partial charge in [0, 0.05) is 35.1 Å². The first-order valence-corrected chi connectivity index (χ1v) is 7.22. The third-order valence-electron chi connectivity index (χ3n) is 2.82. The highest BCUT2D eigenvalue weighted by Crippen LogP contribution is 2.28. The molecule has 6 heteroatoms. The van der Waals surface area contributed by atoms with Crippen molar-refractivity contribution in [2.45, 2.75) is 25.9 Å². The summed E-state index contributed by atoms with van der Waals surface area (Å²) in [6.07, 6.45) is 0.805. The predicted octanol–water partition coefficient (Wildman–Crippen LogP) is 3.07. The lowest BCUT2D eigenvalue weighted by atomic mass is 9.96. The lowest BCUT2D eigenvalue weighted by molar-refractivity contribution is 0.0716. The number of aromatic nitrogens is 2. The smallest absolute Gasteiger partial charge is 0.202 e. The first-order chi connectivity index (χ1) is 9.03. The van der Waals surface area contributed by atoms with Crippen LogP contribution < -0.4 is 5.32 Å². The van der Waals surface area contributed by atoms with Gasteiger partial charge in [-0.05, 0) is 13.0 Å². The second-order valence-electron chi connectivity index (χ2n) is 4.48. The molecular weight excluding hydrogens is 282 g/mol. The number of nitrogens with zero attached hydrogens (tertiary/aromatic N) is 2. The quantitative estimate of drug-likeness (QED) is 0.890. The molecule has 2 N–H and O–H groups in total. The van der Waals surface area contributed by atoms with Gasteiger partial charge in [0.25, 0.3) is 0 Å². The molecule has 0 aliphatic heterocycles. The van der Waals surface area contributed by atoms with Crippen LogP contribution >= 0.6 is 23.1 Å². The Morgan fingerprint density at radius 3 is 2.79 bits per heavy atom. The van der Waals surface area contributed by atoms with Crippen LogP contribution in [-0.2, 0) is 12.0 Å². The van der Waals surface area contributed by atoms with Crippen molar-refractivity contribution in [3.05, 3.63) is 40.7 Å². The van der Waals surface area contributed by atoms with E-state index in [0.29, 0.717) is 22.3 Å². The van der Waals surface area contributed by atoms with Crippen LogP contribution in [0.5, 0.6) is 0 Å². The van der Waals surface area contributed by atoms with Crippen molar-refractivity contribution in [3.63, 3.8) is 0 Å². The summed E-state index contributed by atoms with van der Waals surface area (Å²) in [4.78, 5) is 4.30. The molecule has 0 spiro atoms. The lowest BCUT2D eigenvalue weighted by Gasteiger charge is -2.25. The number of hydrogen-bond acceptors (Lipinski definition) is 5. The highest BCUT2D eigenvalue weighted by atomic mass is 35.5. The van der Waals surface area contributed by atoms with Gasteiger partial charge < -0.3 is 10.4 Å². The highest BCUT2D eigenvalue weighted by molar-refractivity contribution is 7.09. The van der Waals surface area contributed by atoms with Gasteiger partial charge in [-0.1, -0.05) is 36.7 Å². The molecule has 0 aliphatic carbocycles. The van der Waals surface area contributed by atoms with Gasteiger partial charge in [-0.25, -0.2) is 4.98 Å². The van der Waals surface area contributed by atoms with Crippen molar-refractivity contribution in [1.82, 2.24) is 9.36 Å². The zero-order chi connectivity index (χ0) is 13.9. The second-order valence-corrected chi connectivity index (χ2v) is 5.64. The molecule has 0 fully saturated rings. The maximum atomic E-state index is 10.5. The summed E-state index contributed by atoms with van der Waals surface area (Å²) in [5.74, 6) is 0.810. The van der Waals surface area contributed by atoms with Gasteiger partial charge in [0.1, 0.15) is 11.4 Å². The minimum Gasteiger partial charge on any atom is -0.384 e. The molecule has 0 saturated carbocycles. The fraction of sp³-hybridized carbons (Fsp3) is 0.385. The molecule has 2 aromatic rings. The number of rotatable bonds is 5. The van der Waals surface area contributed by atoms with Crippen molar-refractivity contribution < 1.29 is 5.11 Å². The number of aliphatic hydroxyl groups is 1. The number of anilines is 1. The Labute approximate surface area is 121 Å². The number of hydrogen-bond donors (Lipinski definition) is 2. The average molecular weight is 298 g/mol. The van der Waals surface area contributed by atoms with Crippen LogP contribution in [0.15, 0.2) is 24.3 Å². The van der Waals surface area contributed by atoms with Crippen molar-refractivity contribution in [1.29, 1.82) is 0 Å². The van der Waals surface area contributed by atoms with Gasteiger partial charge in [-0.2, -0.15) is 4.37 Å². The minimum absolute atomic E-state index is 0.328. The molecule has 19 heavy (non-hydrogen) atoms. The number of halogens is 1. The molecule has 1 atom stereocenters. The Morgan fingerprint density at radius 1 is 1.42 bits per heavy atom. The summed E-state index contributed by atoms with van der Waals surface area (Å²) in [6.45, 7) is 4.06. The molecular formula is C13H16ClN3OS. The van der Waals surface area contributed by atoms with Crippen molar-refractivity contribution >= 4 is 28.3 Å². The summed E-state index contributed by atoms with van der Waals surface area (Å²) >= 11 is 7.40. The van der Waals surface area contributed by atoms with Crippen molar-refractivity contribution in [2.75, 3.05) is 11.9 Å². The van der Waals surface area contributed by atoms with Crippen LogP contribution in [0.2, 0.25) is 5.02 Å². The summed E-state index contributed by atoms with van der Waals surface area (Å²) in [5, 5.41) is 14.9. The summed E-state index contributed by atoms with van der Waals surface area (Å²) in [5.41, 5.74) is -0.361. The van der Waals surface area contributed by atoms with E-state index in [1.807, 2.05) is 25.1 Å². The van der Waals surface area contributed by atoms with Crippen LogP contribution in [0.3, 0.4) is 0 Å². The molecule has 4 nitrogen and oxygen atoms in total. The number of aryl methyl sites for hydroxylation is 1. The molecule has 0 bridgehead atoms. The second kappa shape index (κ2) is 5.86. The zero-order valence-electron chi connectivity index (χ0n) is 10.9. The van der Waals surface area contributed by atoms with Gasteiger partial charge in [-0.3, -0.25) is 0 Å². The predicted molar refractivity (Wildman–Crippen MR) is 78.8 cm³/mol. The Bertz CT molecular complexity index is 556. The Balaban J connectivity index is 2.07. The van der Waals surface area contributed by atoms with Crippen LogP contribution in [0.25, 0.3) is 0 Å². The van der Waals surface area contributed by atoms with Crippen LogP contribution in [-0.4, -0.2) is 21.0 Å². The molecule has 0 amide bonds. The molecule has 2 rings (SSSR count). The standard InChI is InChI=1S/C13H16ClN3OS/c1-3-11-16-12(19-17-11)15-8-13(2,18)9-6-4-5-7-10(9)14/h4-7,18H,3,8H2,1-2H3,(H,15,16,17). The number of nitrogens with one attached hydrogen (secondary N) is 1. The highest BCUT2D eigenvalue weighted by Gasteiger charge is 2.25. The van der Waals surface area contributed by atoms with Crippen LogP contribution in [0, 0.1) is 0 Å². The first-order valence-electron chi connectivity index (χ1n) is 6.07. The van der Waals surface area contributed by atoms with E-state index in [4.69, 9.17) is 11.6 Å². The van der Waals surface area contributed by atoms with E-state index in [0.717, 1.165) is 12.2 Å². The normalized spacial score (nSPS) is 14.1. The van der Waals surface area contributed by atoms with E-state index in [1.165, 1.54) is 11.5 Å². The Kier molecular flexibility index (Phi) is 4.39. The monoisotopic (exact) mass is 297 g/mol. The van der Waals surface area contributed by atoms with E-state index in [9.17, 15) is 5.11 Å². The number of benzene rings is 1. The topological polar surface area (TPSA) is 58.0 Å². The molecule has 102 valence electrons. The Morgan fingerprint density at radius 2 is 2.16 bits per heavy atom. The molecule has 0 saturated heterocycles. The SMILES string of the molecule is CCc1nsc(NCC(C)(O)c2ccccc2Cl)n1. The largest absolute Gasteiger partial charge is 0.384 e. The molecule has 1 unspecified atom stereocenters. The zero-order valence-corrected chi connectivity index (χ0v) is 12.4. The van der Waals surface area contributed by atoms with E-state index >= 15 is 0 Å². The van der Waals surface area contributed by atoms with Gasteiger partial charge in [0.05, 0.1) is 0 Å². The summed E-state index contributed by atoms with van der Waals surface area (Å²) in [6, 6.07) is 7.29. The fourth-order valence-corrected chi connectivity index (χ4v) is 2.69. The first kappa shape index (κ1) is 14.2. The third-order valence-corrected chi connectivity index (χ3v) is 3.86. The van der Waals surface area contributed by atoms with E-state index in [1.54, 1.807) is 13.0 Å². The molecule has 0 aliphatic rings. The van der Waals surface area contributed by atoms with E-state index in [2.05, 4.69) is 14.7 Å². The third kappa shape index (κ3) is 3.43. The van der Waals surface area contributed by atoms with Gasteiger partial charge in [0.15, 0.2) is 0 Å². The van der Waals surface area contributed by atoms with E-state index in [-0.39, 0.29) is 0 Å². The molecule has 1 aromatic heterocycles. The van der Waals surface area contributed by atoms with Crippen molar-refractivity contribution in [2.24, 2.45) is 0 Å². The van der Waals surface area contributed by atoms with Gasteiger partial charge >= 0.3 is 0 Å². The van der Waals surface area contributed by atoms with Gasteiger partial charge in [0.2, 0.25) is 5.13 Å². The fourth-order valence-electron chi connectivity index (χ4n) is 1.71. The molecule has 1 heterocycles.